The minimum atomic E-state index is -0.854. The van der Waals surface area contributed by atoms with Crippen LogP contribution in [0.5, 0.6) is 0 Å². The Morgan fingerprint density at radius 2 is 2.00 bits per heavy atom. The molecule has 1 aromatic heterocycles. The molecule has 2 aromatic rings. The van der Waals surface area contributed by atoms with E-state index in [0.717, 1.165) is 21.5 Å². The molecule has 0 aliphatic heterocycles. The van der Waals surface area contributed by atoms with Gasteiger partial charge in [-0.1, -0.05) is 28.1 Å². The van der Waals surface area contributed by atoms with E-state index < -0.39 is 5.97 Å². The highest BCUT2D eigenvalue weighted by atomic mass is 79.9. The van der Waals surface area contributed by atoms with Crippen LogP contribution in [-0.2, 0) is 13.1 Å². The van der Waals surface area contributed by atoms with Crippen LogP contribution in [0.1, 0.15) is 25.7 Å². The number of aromatic carboxylic acids is 1. The van der Waals surface area contributed by atoms with Crippen LogP contribution in [0.3, 0.4) is 0 Å². The van der Waals surface area contributed by atoms with Crippen LogP contribution in [0.15, 0.2) is 34.8 Å². The number of halogens is 1. The molecule has 0 spiro atoms. The van der Waals surface area contributed by atoms with Gasteiger partial charge < -0.3 is 10.4 Å². The molecule has 1 heterocycles. The average molecular weight is 340 g/mol. The Bertz CT molecular complexity index is 578. The molecule has 0 aliphatic rings. The summed E-state index contributed by atoms with van der Waals surface area (Å²) in [4.78, 5) is 12.3. The zero-order chi connectivity index (χ0) is 13.8. The number of nitrogens with one attached hydrogen (secondary N) is 1. The molecule has 0 fully saturated rings. The summed E-state index contributed by atoms with van der Waals surface area (Å²) in [5.41, 5.74) is 2.26. The van der Waals surface area contributed by atoms with E-state index >= 15 is 0 Å². The van der Waals surface area contributed by atoms with Crippen molar-refractivity contribution in [2.45, 2.75) is 20.0 Å². The van der Waals surface area contributed by atoms with Gasteiger partial charge >= 0.3 is 5.97 Å². The molecule has 0 atom stereocenters. The normalized spacial score (nSPS) is 10.6. The van der Waals surface area contributed by atoms with Crippen molar-refractivity contribution in [3.63, 3.8) is 0 Å². The number of rotatable bonds is 5. The second-order valence-electron chi connectivity index (χ2n) is 4.23. The largest absolute Gasteiger partial charge is 0.477 e. The van der Waals surface area contributed by atoms with E-state index in [0.29, 0.717) is 11.4 Å². The first kappa shape index (κ1) is 14.2. The number of carboxylic acid groups (broad SMARTS) is 1. The fourth-order valence-electron chi connectivity index (χ4n) is 1.74. The molecule has 0 unspecified atom stereocenters. The molecular weight excluding hydrogens is 326 g/mol. The van der Waals surface area contributed by atoms with Gasteiger partial charge in [0.15, 0.2) is 0 Å². The van der Waals surface area contributed by atoms with Crippen molar-refractivity contribution in [3.05, 3.63) is 55.7 Å². The minimum absolute atomic E-state index is 0.401. The summed E-state index contributed by atoms with van der Waals surface area (Å²) in [6, 6.07) is 9.88. The van der Waals surface area contributed by atoms with Crippen molar-refractivity contribution in [1.82, 2.24) is 5.32 Å². The molecule has 19 heavy (non-hydrogen) atoms. The molecular formula is C14H14BrNO2S. The van der Waals surface area contributed by atoms with Crippen LogP contribution in [-0.4, -0.2) is 11.1 Å². The first-order chi connectivity index (χ1) is 9.06. The zero-order valence-corrected chi connectivity index (χ0v) is 12.8. The summed E-state index contributed by atoms with van der Waals surface area (Å²) in [5.74, 6) is -0.854. The second-order valence-corrected chi connectivity index (χ2v) is 6.40. The monoisotopic (exact) mass is 339 g/mol. The van der Waals surface area contributed by atoms with Crippen LogP contribution in [0.4, 0.5) is 0 Å². The molecule has 0 saturated heterocycles. The Morgan fingerprint density at radius 3 is 2.58 bits per heavy atom. The quantitative estimate of drug-likeness (QED) is 0.870. The van der Waals surface area contributed by atoms with Gasteiger partial charge in [-0.3, -0.25) is 0 Å². The summed E-state index contributed by atoms with van der Waals surface area (Å²) in [7, 11) is 0. The number of carboxylic acids is 1. The maximum atomic E-state index is 10.9. The van der Waals surface area contributed by atoms with Crippen molar-refractivity contribution in [2.75, 3.05) is 0 Å². The van der Waals surface area contributed by atoms with Crippen LogP contribution < -0.4 is 5.32 Å². The van der Waals surface area contributed by atoms with Crippen LogP contribution in [0.25, 0.3) is 0 Å². The predicted molar refractivity (Wildman–Crippen MR) is 80.7 cm³/mol. The fourth-order valence-corrected chi connectivity index (χ4v) is 2.89. The van der Waals surface area contributed by atoms with Gasteiger partial charge in [0.05, 0.1) is 0 Å². The number of carbonyl (C=O) groups is 1. The molecule has 2 N–H and O–H groups in total. The summed E-state index contributed by atoms with van der Waals surface area (Å²) in [6.07, 6.45) is 0. The number of benzene rings is 1. The van der Waals surface area contributed by atoms with E-state index in [9.17, 15) is 4.79 Å². The van der Waals surface area contributed by atoms with Crippen LogP contribution in [0, 0.1) is 6.92 Å². The molecule has 0 bridgehead atoms. The second kappa shape index (κ2) is 6.32. The highest BCUT2D eigenvalue weighted by molar-refractivity contribution is 9.10. The number of aryl methyl sites for hydroxylation is 1. The molecule has 2 rings (SSSR count). The van der Waals surface area contributed by atoms with E-state index in [1.165, 1.54) is 16.9 Å². The first-order valence-corrected chi connectivity index (χ1v) is 7.45. The summed E-state index contributed by atoms with van der Waals surface area (Å²) < 4.78 is 1.07. The third-order valence-corrected chi connectivity index (χ3v) is 4.40. The number of hydrogen-bond donors (Lipinski definition) is 2. The molecule has 0 saturated carbocycles. The van der Waals surface area contributed by atoms with Crippen molar-refractivity contribution in [2.24, 2.45) is 0 Å². The molecule has 0 aliphatic carbocycles. The van der Waals surface area contributed by atoms with Gasteiger partial charge in [-0.25, -0.2) is 4.79 Å². The highest BCUT2D eigenvalue weighted by Crippen LogP contribution is 2.21. The van der Waals surface area contributed by atoms with E-state index in [1.807, 2.05) is 19.1 Å². The Labute approximate surface area is 124 Å². The topological polar surface area (TPSA) is 49.3 Å². The van der Waals surface area contributed by atoms with E-state index in [4.69, 9.17) is 5.11 Å². The van der Waals surface area contributed by atoms with Crippen molar-refractivity contribution >= 4 is 33.2 Å². The third kappa shape index (κ3) is 3.89. The van der Waals surface area contributed by atoms with Crippen molar-refractivity contribution in [3.8, 4) is 0 Å². The Balaban J connectivity index is 1.92. The van der Waals surface area contributed by atoms with Gasteiger partial charge in [0.2, 0.25) is 0 Å². The van der Waals surface area contributed by atoms with Crippen LogP contribution in [0.2, 0.25) is 0 Å². The summed E-state index contributed by atoms with van der Waals surface area (Å²) in [6.45, 7) is 3.41. The molecule has 5 heteroatoms. The zero-order valence-electron chi connectivity index (χ0n) is 10.4. The molecule has 100 valence electrons. The van der Waals surface area contributed by atoms with Gasteiger partial charge in [-0.05, 0) is 36.2 Å². The predicted octanol–water partition coefficient (Wildman–Crippen LogP) is 3.81. The highest BCUT2D eigenvalue weighted by Gasteiger charge is 2.10. The van der Waals surface area contributed by atoms with Crippen LogP contribution >= 0.6 is 27.3 Å². The average Bonchev–Trinajstić information content (AvgIpc) is 2.74. The van der Waals surface area contributed by atoms with Gasteiger partial charge in [0, 0.05) is 22.4 Å². The number of hydrogen-bond acceptors (Lipinski definition) is 3. The van der Waals surface area contributed by atoms with E-state index in [1.54, 1.807) is 6.07 Å². The van der Waals surface area contributed by atoms with Gasteiger partial charge in [0.1, 0.15) is 4.88 Å². The van der Waals surface area contributed by atoms with Crippen molar-refractivity contribution in [1.29, 1.82) is 0 Å². The molecule has 0 radical (unpaired) electrons. The molecule has 1 aromatic carbocycles. The van der Waals surface area contributed by atoms with Gasteiger partial charge in [0.25, 0.3) is 0 Å². The van der Waals surface area contributed by atoms with Gasteiger partial charge in [-0.2, -0.15) is 0 Å². The minimum Gasteiger partial charge on any atom is -0.477 e. The lowest BCUT2D eigenvalue weighted by Gasteiger charge is -2.04. The summed E-state index contributed by atoms with van der Waals surface area (Å²) >= 11 is 4.73. The Morgan fingerprint density at radius 1 is 1.32 bits per heavy atom. The fraction of sp³-hybridized carbons (Fsp3) is 0.214. The lowest BCUT2D eigenvalue weighted by molar-refractivity contribution is 0.0702. The van der Waals surface area contributed by atoms with E-state index in [-0.39, 0.29) is 0 Å². The Kier molecular flexibility index (Phi) is 4.74. The van der Waals surface area contributed by atoms with Crippen molar-refractivity contribution < 1.29 is 9.90 Å². The standard InChI is InChI=1S/C14H14BrNO2S/c1-9-11(6-13(19-9)14(17)18)8-16-7-10-2-4-12(15)5-3-10/h2-6,16H,7-8H2,1H3,(H,17,18). The lowest BCUT2D eigenvalue weighted by Crippen LogP contribution is -2.12. The third-order valence-electron chi connectivity index (χ3n) is 2.79. The summed E-state index contributed by atoms with van der Waals surface area (Å²) in [5, 5.41) is 12.3. The maximum Gasteiger partial charge on any atom is 0.345 e. The van der Waals surface area contributed by atoms with E-state index in [2.05, 4.69) is 33.4 Å². The first-order valence-electron chi connectivity index (χ1n) is 5.84. The maximum absolute atomic E-state index is 10.9. The molecule has 3 nitrogen and oxygen atoms in total. The Hall–Kier alpha value is -1.17. The lowest BCUT2D eigenvalue weighted by atomic mass is 10.2. The molecule has 0 amide bonds. The number of thiophene rings is 1. The smallest absolute Gasteiger partial charge is 0.345 e. The van der Waals surface area contributed by atoms with Gasteiger partial charge in [-0.15, -0.1) is 11.3 Å². The SMILES string of the molecule is Cc1sc(C(=O)O)cc1CNCc1ccc(Br)cc1.